The summed E-state index contributed by atoms with van der Waals surface area (Å²) in [4.78, 5) is 11.9. The minimum absolute atomic E-state index is 0.00355. The summed E-state index contributed by atoms with van der Waals surface area (Å²) in [7, 11) is 0. The zero-order valence-corrected chi connectivity index (χ0v) is 11.5. The molecular weight excluding hydrogens is 302 g/mol. The lowest BCUT2D eigenvalue weighted by Gasteiger charge is -2.26. The fourth-order valence-electron chi connectivity index (χ4n) is 1.37. The molecule has 0 bridgehead atoms. The van der Waals surface area contributed by atoms with E-state index >= 15 is 0 Å². The van der Waals surface area contributed by atoms with E-state index in [0.29, 0.717) is 0 Å². The highest BCUT2D eigenvalue weighted by Crippen LogP contribution is 2.32. The summed E-state index contributed by atoms with van der Waals surface area (Å²) >= 11 is 11.3. The molecule has 0 heterocycles. The van der Waals surface area contributed by atoms with E-state index in [1.54, 1.807) is 6.92 Å². The molecule has 0 aliphatic carbocycles. The van der Waals surface area contributed by atoms with Gasteiger partial charge in [-0.1, -0.05) is 12.1 Å². The SMILES string of the molecule is CC(CCl)(CCl)NC(=O)c1ccccc1C(F)(F)F. The number of benzene rings is 1. The molecule has 0 atom stereocenters. The molecule has 0 aromatic heterocycles. The minimum atomic E-state index is -4.59. The van der Waals surface area contributed by atoms with Crippen molar-refractivity contribution in [1.29, 1.82) is 0 Å². The van der Waals surface area contributed by atoms with Crippen LogP contribution >= 0.6 is 23.2 Å². The Labute approximate surface area is 118 Å². The molecule has 2 nitrogen and oxygen atoms in total. The van der Waals surface area contributed by atoms with Crippen LogP contribution in [0.15, 0.2) is 24.3 Å². The van der Waals surface area contributed by atoms with Crippen molar-refractivity contribution in [2.75, 3.05) is 11.8 Å². The number of halogens is 5. The molecule has 0 aliphatic rings. The predicted octanol–water partition coefficient (Wildman–Crippen LogP) is 3.67. The highest BCUT2D eigenvalue weighted by atomic mass is 35.5. The van der Waals surface area contributed by atoms with E-state index in [-0.39, 0.29) is 11.8 Å². The molecule has 0 spiro atoms. The van der Waals surface area contributed by atoms with Gasteiger partial charge in [-0.3, -0.25) is 4.79 Å². The van der Waals surface area contributed by atoms with E-state index in [1.807, 2.05) is 0 Å². The molecule has 0 radical (unpaired) electrons. The highest BCUT2D eigenvalue weighted by molar-refractivity contribution is 6.22. The first-order valence-electron chi connectivity index (χ1n) is 5.34. The van der Waals surface area contributed by atoms with Gasteiger partial charge in [0.2, 0.25) is 0 Å². The molecule has 1 aromatic rings. The van der Waals surface area contributed by atoms with Crippen LogP contribution in [0.4, 0.5) is 13.2 Å². The Bertz CT molecular complexity index is 459. The molecule has 0 saturated carbocycles. The Morgan fingerprint density at radius 2 is 1.74 bits per heavy atom. The first kappa shape index (κ1) is 16.1. The molecule has 0 unspecified atom stereocenters. The van der Waals surface area contributed by atoms with Gasteiger partial charge in [0.15, 0.2) is 0 Å². The van der Waals surface area contributed by atoms with Crippen LogP contribution in [0.3, 0.4) is 0 Å². The second-order valence-electron chi connectivity index (χ2n) is 4.33. The van der Waals surface area contributed by atoms with E-state index in [9.17, 15) is 18.0 Å². The number of nitrogens with one attached hydrogen (secondary N) is 1. The van der Waals surface area contributed by atoms with Crippen LogP contribution in [0.5, 0.6) is 0 Å². The molecule has 7 heteroatoms. The van der Waals surface area contributed by atoms with E-state index < -0.39 is 28.7 Å². The van der Waals surface area contributed by atoms with Gasteiger partial charge in [-0.05, 0) is 19.1 Å². The monoisotopic (exact) mass is 313 g/mol. The Hall–Kier alpha value is -0.940. The molecule has 0 fully saturated rings. The maximum atomic E-state index is 12.8. The summed E-state index contributed by atoms with van der Waals surface area (Å²) in [6.07, 6.45) is -4.59. The van der Waals surface area contributed by atoms with Crippen molar-refractivity contribution < 1.29 is 18.0 Å². The molecule has 0 aliphatic heterocycles. The van der Waals surface area contributed by atoms with Gasteiger partial charge in [0, 0.05) is 11.8 Å². The molecule has 106 valence electrons. The summed E-state index contributed by atoms with van der Waals surface area (Å²) in [5.41, 5.74) is -2.39. The highest BCUT2D eigenvalue weighted by Gasteiger charge is 2.36. The van der Waals surface area contributed by atoms with Gasteiger partial charge in [-0.15, -0.1) is 23.2 Å². The number of hydrogen-bond acceptors (Lipinski definition) is 1. The smallest absolute Gasteiger partial charge is 0.344 e. The third-order valence-corrected chi connectivity index (χ3v) is 3.66. The van der Waals surface area contributed by atoms with Crippen molar-refractivity contribution >= 4 is 29.1 Å². The molecular formula is C12H12Cl2F3NO. The van der Waals surface area contributed by atoms with Crippen molar-refractivity contribution in [3.05, 3.63) is 35.4 Å². The number of amides is 1. The van der Waals surface area contributed by atoms with Crippen LogP contribution in [0, 0.1) is 0 Å². The lowest BCUT2D eigenvalue weighted by molar-refractivity contribution is -0.137. The standard InChI is InChI=1S/C12H12Cl2F3NO/c1-11(6-13,7-14)18-10(19)8-4-2-3-5-9(8)12(15,16)17/h2-5H,6-7H2,1H3,(H,18,19). The summed E-state index contributed by atoms with van der Waals surface area (Å²) in [6, 6.07) is 4.56. The van der Waals surface area contributed by atoms with Gasteiger partial charge >= 0.3 is 6.18 Å². The van der Waals surface area contributed by atoms with Gasteiger partial charge in [0.05, 0.1) is 16.7 Å². The zero-order valence-electron chi connectivity index (χ0n) is 10.0. The number of rotatable bonds is 4. The Kier molecular flexibility index (Phi) is 5.10. The van der Waals surface area contributed by atoms with Crippen molar-refractivity contribution in [2.24, 2.45) is 0 Å². The summed E-state index contributed by atoms with van der Waals surface area (Å²) in [6.45, 7) is 1.56. The summed E-state index contributed by atoms with van der Waals surface area (Å²) in [5, 5.41) is 2.42. The van der Waals surface area contributed by atoms with Crippen LogP contribution in [-0.2, 0) is 6.18 Å². The van der Waals surface area contributed by atoms with E-state index in [2.05, 4.69) is 5.32 Å². The van der Waals surface area contributed by atoms with Crippen molar-refractivity contribution in [3.8, 4) is 0 Å². The predicted molar refractivity (Wildman–Crippen MR) is 68.8 cm³/mol. The van der Waals surface area contributed by atoms with Crippen molar-refractivity contribution in [3.63, 3.8) is 0 Å². The normalized spacial score (nSPS) is 12.3. The van der Waals surface area contributed by atoms with E-state index in [1.165, 1.54) is 12.1 Å². The van der Waals surface area contributed by atoms with Crippen LogP contribution < -0.4 is 5.32 Å². The quantitative estimate of drug-likeness (QED) is 0.844. The van der Waals surface area contributed by atoms with E-state index in [4.69, 9.17) is 23.2 Å². The number of hydrogen-bond donors (Lipinski definition) is 1. The first-order chi connectivity index (χ1) is 8.73. The van der Waals surface area contributed by atoms with Crippen LogP contribution in [0.1, 0.15) is 22.8 Å². The summed E-state index contributed by atoms with van der Waals surface area (Å²) < 4.78 is 38.3. The maximum absolute atomic E-state index is 12.8. The van der Waals surface area contributed by atoms with Gasteiger partial charge < -0.3 is 5.32 Å². The zero-order chi connectivity index (χ0) is 14.7. The van der Waals surface area contributed by atoms with Crippen molar-refractivity contribution in [1.82, 2.24) is 5.32 Å². The number of carbonyl (C=O) groups excluding carboxylic acids is 1. The number of alkyl halides is 5. The Morgan fingerprint density at radius 3 is 2.21 bits per heavy atom. The summed E-state index contributed by atoms with van der Waals surface area (Å²) in [5.74, 6) is -0.857. The van der Waals surface area contributed by atoms with Crippen LogP contribution in [-0.4, -0.2) is 23.2 Å². The van der Waals surface area contributed by atoms with Gasteiger partial charge in [-0.25, -0.2) is 0 Å². The second-order valence-corrected chi connectivity index (χ2v) is 4.86. The number of carbonyl (C=O) groups is 1. The van der Waals surface area contributed by atoms with Gasteiger partial charge in [0.1, 0.15) is 0 Å². The average Bonchev–Trinajstić information content (AvgIpc) is 2.37. The second kappa shape index (κ2) is 6.01. The average molecular weight is 314 g/mol. The third kappa shape index (κ3) is 4.01. The van der Waals surface area contributed by atoms with Gasteiger partial charge in [0.25, 0.3) is 5.91 Å². The molecule has 0 saturated heterocycles. The molecule has 1 N–H and O–H groups in total. The van der Waals surface area contributed by atoms with Crippen LogP contribution in [0.2, 0.25) is 0 Å². The third-order valence-electron chi connectivity index (χ3n) is 2.48. The molecule has 1 rings (SSSR count). The lowest BCUT2D eigenvalue weighted by atomic mass is 10.0. The van der Waals surface area contributed by atoms with Crippen LogP contribution in [0.25, 0.3) is 0 Å². The lowest BCUT2D eigenvalue weighted by Crippen LogP contribution is -2.49. The Balaban J connectivity index is 3.08. The molecule has 1 aromatic carbocycles. The fraction of sp³-hybridized carbons (Fsp3) is 0.417. The van der Waals surface area contributed by atoms with E-state index in [0.717, 1.165) is 12.1 Å². The topological polar surface area (TPSA) is 29.1 Å². The van der Waals surface area contributed by atoms with Crippen molar-refractivity contribution in [2.45, 2.75) is 18.6 Å². The molecule has 19 heavy (non-hydrogen) atoms. The van der Waals surface area contributed by atoms with Gasteiger partial charge in [-0.2, -0.15) is 13.2 Å². The fourth-order valence-corrected chi connectivity index (χ4v) is 1.79. The largest absolute Gasteiger partial charge is 0.417 e. The Morgan fingerprint density at radius 1 is 1.21 bits per heavy atom. The minimum Gasteiger partial charge on any atom is -0.344 e. The maximum Gasteiger partial charge on any atom is 0.417 e. The molecule has 1 amide bonds. The first-order valence-corrected chi connectivity index (χ1v) is 6.41.